The van der Waals surface area contributed by atoms with Gasteiger partial charge in [-0.1, -0.05) is 12.1 Å². The van der Waals surface area contributed by atoms with E-state index in [0.717, 1.165) is 24.3 Å². The summed E-state index contributed by atoms with van der Waals surface area (Å²) in [5.41, 5.74) is 2.27. The van der Waals surface area contributed by atoms with E-state index >= 15 is 0 Å². The largest absolute Gasteiger partial charge is 0.508 e. The number of hydrogen-bond donors (Lipinski definition) is 8. The molecule has 0 saturated carbocycles. The van der Waals surface area contributed by atoms with Gasteiger partial charge in [0.2, 0.25) is 0 Å². The number of fused-ring (bicyclic) bond motifs is 2. The van der Waals surface area contributed by atoms with Crippen molar-refractivity contribution >= 4 is 82.4 Å². The molecule has 0 atom stereocenters. The van der Waals surface area contributed by atoms with Crippen LogP contribution in [0.5, 0.6) is 11.5 Å². The van der Waals surface area contributed by atoms with Gasteiger partial charge < -0.3 is 31.5 Å². The second kappa shape index (κ2) is 14.1. The number of hydrogen-bond acceptors (Lipinski definition) is 9. The third-order valence-corrected chi connectivity index (χ3v) is 10.3. The highest BCUT2D eigenvalue weighted by Gasteiger charge is 2.21. The van der Waals surface area contributed by atoms with Gasteiger partial charge in [0.25, 0.3) is 32.1 Å². The lowest BCUT2D eigenvalue weighted by molar-refractivity contribution is 0.101. The van der Waals surface area contributed by atoms with E-state index < -0.39 is 47.9 Å². The van der Waals surface area contributed by atoms with Gasteiger partial charge in [0.1, 0.15) is 21.3 Å². The molecule has 6 aromatic carbocycles. The zero-order chi connectivity index (χ0) is 39.1. The maximum Gasteiger partial charge on any atom is 0.323 e. The zero-order valence-corrected chi connectivity index (χ0v) is 29.8. The van der Waals surface area contributed by atoms with Crippen LogP contribution in [0.15, 0.2) is 107 Å². The molecule has 0 aliphatic heterocycles. The average Bonchev–Trinajstić information content (AvgIpc) is 3.08. The Labute approximate surface area is 307 Å². The van der Waals surface area contributed by atoms with E-state index in [9.17, 15) is 50.5 Å². The van der Waals surface area contributed by atoms with Crippen LogP contribution < -0.4 is 21.3 Å². The summed E-state index contributed by atoms with van der Waals surface area (Å²) in [7, 11) is -9.29. The number of urea groups is 1. The van der Waals surface area contributed by atoms with Crippen LogP contribution in [-0.4, -0.2) is 54.0 Å². The number of carbonyl (C=O) groups is 3. The van der Waals surface area contributed by atoms with Crippen LogP contribution in [0.2, 0.25) is 0 Å². The SMILES string of the molecule is Cc1ccc(NC(=O)Nc2ccc(C)c(C(=O)Nc3ccc(S(=O)(=O)O)c4cc(O)ccc34)c2)cc1C(=O)Nc1ccc(S(=O)(=O)O)c2cc(O)ccc12. The molecule has 0 aliphatic carbocycles. The molecule has 276 valence electrons. The number of nitrogens with one attached hydrogen (secondary N) is 4. The number of phenols is 2. The number of anilines is 4. The minimum Gasteiger partial charge on any atom is -0.508 e. The second-order valence-electron chi connectivity index (χ2n) is 12.2. The highest BCUT2D eigenvalue weighted by molar-refractivity contribution is 7.86. The normalized spacial score (nSPS) is 11.6. The highest BCUT2D eigenvalue weighted by atomic mass is 32.2. The van der Waals surface area contributed by atoms with Gasteiger partial charge in [-0.3, -0.25) is 18.7 Å². The average molecular weight is 771 g/mol. The van der Waals surface area contributed by atoms with Crippen LogP contribution in [0.3, 0.4) is 0 Å². The number of phenolic OH excluding ortho intramolecular Hbond substituents is 2. The standard InChI is InChI=1S/C37H30N4O11S2/c1-19-3-5-21(15-27(19)35(44)40-31-11-13-33(53(47,48)49)29-17-23(42)7-9-25(29)31)38-37(46)39-22-6-4-20(2)28(16-22)36(45)41-32-12-14-34(54(50,51)52)30-18-24(43)8-10-26(30)32/h3-18,42-43H,1-2H3,(H,40,44)(H,41,45)(H2,38,39,46)(H,47,48,49)(H,50,51,52). The first kappa shape index (κ1) is 37.2. The van der Waals surface area contributed by atoms with Crippen molar-refractivity contribution in [2.75, 3.05) is 21.3 Å². The summed E-state index contributed by atoms with van der Waals surface area (Å²) in [5.74, 6) is -1.71. The Morgan fingerprint density at radius 3 is 1.24 bits per heavy atom. The number of rotatable bonds is 8. The van der Waals surface area contributed by atoms with Crippen LogP contribution in [0, 0.1) is 13.8 Å². The number of amides is 4. The smallest absolute Gasteiger partial charge is 0.323 e. The fourth-order valence-corrected chi connectivity index (χ4v) is 7.22. The summed E-state index contributed by atoms with van der Waals surface area (Å²) in [6, 6.07) is 20.9. The van der Waals surface area contributed by atoms with Crippen LogP contribution >= 0.6 is 0 Å². The molecular formula is C37H30N4O11S2. The van der Waals surface area contributed by atoms with Crippen molar-refractivity contribution < 1.29 is 50.5 Å². The maximum atomic E-state index is 13.4. The summed E-state index contributed by atoms with van der Waals surface area (Å²) < 4.78 is 66.9. The molecule has 0 spiro atoms. The second-order valence-corrected chi connectivity index (χ2v) is 15.0. The Balaban J connectivity index is 1.19. The van der Waals surface area contributed by atoms with Crippen molar-refractivity contribution in [1.82, 2.24) is 0 Å². The fraction of sp³-hybridized carbons (Fsp3) is 0.0541. The van der Waals surface area contributed by atoms with Crippen molar-refractivity contribution in [2.24, 2.45) is 0 Å². The van der Waals surface area contributed by atoms with Gasteiger partial charge >= 0.3 is 6.03 Å². The minimum atomic E-state index is -4.65. The molecule has 0 unspecified atom stereocenters. The first-order valence-electron chi connectivity index (χ1n) is 15.8. The van der Waals surface area contributed by atoms with E-state index in [4.69, 9.17) is 0 Å². The Morgan fingerprint density at radius 1 is 0.481 bits per heavy atom. The fourth-order valence-electron chi connectivity index (χ4n) is 5.85. The predicted octanol–water partition coefficient (Wildman–Crippen LogP) is 6.66. The Morgan fingerprint density at radius 2 is 0.870 bits per heavy atom. The molecule has 0 fully saturated rings. The van der Waals surface area contributed by atoms with Gasteiger partial charge in [-0.15, -0.1) is 0 Å². The number of carbonyl (C=O) groups excluding carboxylic acids is 3. The van der Waals surface area contributed by atoms with Crippen molar-refractivity contribution in [3.8, 4) is 11.5 Å². The van der Waals surface area contributed by atoms with Crippen LogP contribution in [0.25, 0.3) is 21.5 Å². The summed E-state index contributed by atoms with van der Waals surface area (Å²) >= 11 is 0. The quantitative estimate of drug-likeness (QED) is 0.0760. The van der Waals surface area contributed by atoms with Gasteiger partial charge in [-0.05, 0) is 110 Å². The van der Waals surface area contributed by atoms with Gasteiger partial charge in [-0.25, -0.2) is 4.79 Å². The van der Waals surface area contributed by atoms with E-state index in [1.165, 1.54) is 48.5 Å². The summed E-state index contributed by atoms with van der Waals surface area (Å²) in [4.78, 5) is 39.0. The zero-order valence-electron chi connectivity index (χ0n) is 28.2. The molecule has 0 bridgehead atoms. The van der Waals surface area contributed by atoms with Crippen molar-refractivity contribution in [3.05, 3.63) is 119 Å². The maximum absolute atomic E-state index is 13.4. The molecule has 4 amide bonds. The lowest BCUT2D eigenvalue weighted by Gasteiger charge is -2.15. The Bertz CT molecular complexity index is 2600. The van der Waals surface area contributed by atoms with E-state index in [1.807, 2.05) is 0 Å². The van der Waals surface area contributed by atoms with Gasteiger partial charge in [-0.2, -0.15) is 16.8 Å². The van der Waals surface area contributed by atoms with E-state index in [2.05, 4.69) is 21.3 Å². The monoisotopic (exact) mass is 770 g/mol. The summed E-state index contributed by atoms with van der Waals surface area (Å²) in [6.45, 7) is 3.34. The number of benzene rings is 6. The molecule has 0 aromatic heterocycles. The number of aromatic hydroxyl groups is 2. The molecular weight excluding hydrogens is 741 g/mol. The van der Waals surface area contributed by atoms with Gasteiger partial charge in [0.05, 0.1) is 0 Å². The van der Waals surface area contributed by atoms with E-state index in [-0.39, 0.29) is 66.9 Å². The third kappa shape index (κ3) is 7.79. The van der Waals surface area contributed by atoms with Crippen LogP contribution in [0.4, 0.5) is 27.5 Å². The number of aryl methyl sites for hydroxylation is 2. The molecule has 17 heteroatoms. The van der Waals surface area contributed by atoms with E-state index in [0.29, 0.717) is 11.1 Å². The summed E-state index contributed by atoms with van der Waals surface area (Å²) in [5, 5.41) is 31.0. The molecule has 0 heterocycles. The van der Waals surface area contributed by atoms with Crippen LogP contribution in [0.1, 0.15) is 31.8 Å². The van der Waals surface area contributed by atoms with Gasteiger partial charge in [0.15, 0.2) is 0 Å². The van der Waals surface area contributed by atoms with Crippen LogP contribution in [-0.2, 0) is 20.2 Å². The van der Waals surface area contributed by atoms with Gasteiger partial charge in [0, 0.05) is 55.4 Å². The molecule has 15 nitrogen and oxygen atoms in total. The predicted molar refractivity (Wildman–Crippen MR) is 202 cm³/mol. The summed E-state index contributed by atoms with van der Waals surface area (Å²) in [6.07, 6.45) is 0. The Kier molecular flexibility index (Phi) is 9.74. The molecule has 8 N–H and O–H groups in total. The molecule has 0 aliphatic rings. The lowest BCUT2D eigenvalue weighted by atomic mass is 10.1. The van der Waals surface area contributed by atoms with Crippen molar-refractivity contribution in [3.63, 3.8) is 0 Å². The molecule has 6 aromatic rings. The topological polar surface area (TPSA) is 249 Å². The first-order chi connectivity index (χ1) is 25.4. The molecule has 54 heavy (non-hydrogen) atoms. The molecule has 0 saturated heterocycles. The third-order valence-electron chi connectivity index (χ3n) is 8.45. The highest BCUT2D eigenvalue weighted by Crippen LogP contribution is 2.34. The lowest BCUT2D eigenvalue weighted by Crippen LogP contribution is -2.21. The van der Waals surface area contributed by atoms with Crippen molar-refractivity contribution in [2.45, 2.75) is 23.6 Å². The van der Waals surface area contributed by atoms with E-state index in [1.54, 1.807) is 38.1 Å². The Hall–Kier alpha value is -6.53. The molecule has 6 rings (SSSR count). The molecule has 0 radical (unpaired) electrons. The van der Waals surface area contributed by atoms with Crippen molar-refractivity contribution in [1.29, 1.82) is 0 Å². The first-order valence-corrected chi connectivity index (χ1v) is 18.7. The minimum absolute atomic E-state index is 0.0140.